The van der Waals surface area contributed by atoms with Gasteiger partial charge in [-0.15, -0.1) is 0 Å². The van der Waals surface area contributed by atoms with Crippen LogP contribution in [-0.4, -0.2) is 21.6 Å². The van der Waals surface area contributed by atoms with Gasteiger partial charge in [-0.1, -0.05) is 12.1 Å². The van der Waals surface area contributed by atoms with E-state index >= 15 is 0 Å². The van der Waals surface area contributed by atoms with Gasteiger partial charge < -0.3 is 9.84 Å². The van der Waals surface area contributed by atoms with Gasteiger partial charge in [0.25, 0.3) is 0 Å². The van der Waals surface area contributed by atoms with Gasteiger partial charge in [-0.3, -0.25) is 0 Å². The summed E-state index contributed by atoms with van der Waals surface area (Å²) in [7, 11) is 1.64. The zero-order valence-corrected chi connectivity index (χ0v) is 11.6. The normalized spacial score (nSPS) is 10.4. The average Bonchev–Trinajstić information content (AvgIpc) is 2.97. The van der Waals surface area contributed by atoms with Gasteiger partial charge in [0.05, 0.1) is 7.11 Å². The van der Waals surface area contributed by atoms with Crippen LogP contribution in [0.1, 0.15) is 0 Å². The third kappa shape index (κ3) is 2.48. The third-order valence-electron chi connectivity index (χ3n) is 2.87. The first-order valence-corrected chi connectivity index (χ1v) is 6.81. The molecule has 5 heteroatoms. The molecule has 1 N–H and O–H groups in total. The Hall–Kier alpha value is -2.40. The molecule has 0 radical (unpaired) electrons. The van der Waals surface area contributed by atoms with Crippen molar-refractivity contribution >= 4 is 11.5 Å². The van der Waals surface area contributed by atoms with Crippen molar-refractivity contribution in [2.75, 3.05) is 7.11 Å². The van der Waals surface area contributed by atoms with E-state index in [0.717, 1.165) is 21.9 Å². The van der Waals surface area contributed by atoms with E-state index in [1.165, 1.54) is 11.5 Å². The second kappa shape index (κ2) is 5.30. The van der Waals surface area contributed by atoms with E-state index in [2.05, 4.69) is 9.36 Å². The molecule has 3 aromatic rings. The predicted molar refractivity (Wildman–Crippen MR) is 79.0 cm³/mol. The molecule has 0 saturated carbocycles. The number of benzene rings is 2. The molecular formula is C15H12N2O2S. The number of hydrogen-bond donors (Lipinski definition) is 1. The number of hydrogen-bond acceptors (Lipinski definition) is 5. The van der Waals surface area contributed by atoms with Crippen LogP contribution in [0.5, 0.6) is 11.5 Å². The highest BCUT2D eigenvalue weighted by molar-refractivity contribution is 7.09. The molecule has 1 aromatic heterocycles. The lowest BCUT2D eigenvalue weighted by Crippen LogP contribution is -1.84. The van der Waals surface area contributed by atoms with Crippen molar-refractivity contribution in [1.82, 2.24) is 9.36 Å². The Morgan fingerprint density at radius 1 is 1.05 bits per heavy atom. The SMILES string of the molecule is COc1ccc(-c2nsc(-c3cccc(O)c3)n2)cc1. The highest BCUT2D eigenvalue weighted by Crippen LogP contribution is 2.28. The molecule has 0 amide bonds. The van der Waals surface area contributed by atoms with E-state index in [9.17, 15) is 5.11 Å². The molecule has 1 heterocycles. The first-order valence-electron chi connectivity index (χ1n) is 6.04. The van der Waals surface area contributed by atoms with Crippen LogP contribution < -0.4 is 4.74 Å². The highest BCUT2D eigenvalue weighted by Gasteiger charge is 2.09. The average molecular weight is 284 g/mol. The molecule has 0 aliphatic carbocycles. The molecule has 0 unspecified atom stereocenters. The second-order valence-electron chi connectivity index (χ2n) is 4.20. The minimum atomic E-state index is 0.226. The number of methoxy groups -OCH3 is 1. The number of aromatic hydroxyl groups is 1. The van der Waals surface area contributed by atoms with Crippen LogP contribution in [-0.2, 0) is 0 Å². The predicted octanol–water partition coefficient (Wildman–Crippen LogP) is 3.59. The van der Waals surface area contributed by atoms with Crippen LogP contribution in [0.25, 0.3) is 22.0 Å². The lowest BCUT2D eigenvalue weighted by Gasteiger charge is -1.99. The highest BCUT2D eigenvalue weighted by atomic mass is 32.1. The van der Waals surface area contributed by atoms with Crippen LogP contribution in [0.15, 0.2) is 48.5 Å². The van der Waals surface area contributed by atoms with Crippen molar-refractivity contribution in [2.45, 2.75) is 0 Å². The fraction of sp³-hybridized carbons (Fsp3) is 0.0667. The van der Waals surface area contributed by atoms with Crippen LogP contribution >= 0.6 is 11.5 Å². The van der Waals surface area contributed by atoms with Gasteiger partial charge in [-0.25, -0.2) is 4.98 Å². The smallest absolute Gasteiger partial charge is 0.173 e. The first-order chi connectivity index (χ1) is 9.76. The molecule has 0 saturated heterocycles. The molecule has 0 aliphatic rings. The van der Waals surface area contributed by atoms with Crippen molar-refractivity contribution in [3.63, 3.8) is 0 Å². The monoisotopic (exact) mass is 284 g/mol. The maximum absolute atomic E-state index is 9.50. The summed E-state index contributed by atoms with van der Waals surface area (Å²) in [6.07, 6.45) is 0. The molecule has 4 nitrogen and oxygen atoms in total. The standard InChI is InChI=1S/C15H12N2O2S/c1-19-13-7-5-10(6-8-13)14-16-15(20-17-14)11-3-2-4-12(18)9-11/h2-9,18H,1H3. The molecule has 20 heavy (non-hydrogen) atoms. The van der Waals surface area contributed by atoms with Gasteiger partial charge in [0.15, 0.2) is 5.82 Å². The Morgan fingerprint density at radius 3 is 2.55 bits per heavy atom. The van der Waals surface area contributed by atoms with E-state index in [4.69, 9.17) is 4.74 Å². The Kier molecular flexibility index (Phi) is 3.35. The quantitative estimate of drug-likeness (QED) is 0.798. The number of phenols is 1. The first kappa shape index (κ1) is 12.6. The van der Waals surface area contributed by atoms with Gasteiger partial charge in [-0.2, -0.15) is 4.37 Å². The molecule has 3 rings (SSSR count). The largest absolute Gasteiger partial charge is 0.508 e. The van der Waals surface area contributed by atoms with Crippen molar-refractivity contribution in [3.05, 3.63) is 48.5 Å². The molecule has 0 aliphatic heterocycles. The topological polar surface area (TPSA) is 55.2 Å². The lowest BCUT2D eigenvalue weighted by atomic mass is 10.2. The molecule has 0 spiro atoms. The molecule has 2 aromatic carbocycles. The van der Waals surface area contributed by atoms with Crippen molar-refractivity contribution in [3.8, 4) is 33.5 Å². The Morgan fingerprint density at radius 2 is 1.85 bits per heavy atom. The van der Waals surface area contributed by atoms with Crippen molar-refractivity contribution in [1.29, 1.82) is 0 Å². The summed E-state index contributed by atoms with van der Waals surface area (Å²) in [6, 6.07) is 14.6. The molecule has 100 valence electrons. The number of ether oxygens (including phenoxy) is 1. The van der Waals surface area contributed by atoms with Gasteiger partial charge in [-0.05, 0) is 47.9 Å². The summed E-state index contributed by atoms with van der Waals surface area (Å²) < 4.78 is 9.48. The van der Waals surface area contributed by atoms with Gasteiger partial charge >= 0.3 is 0 Å². The van der Waals surface area contributed by atoms with E-state index in [1.54, 1.807) is 25.3 Å². The lowest BCUT2D eigenvalue weighted by molar-refractivity contribution is 0.415. The Balaban J connectivity index is 1.93. The summed E-state index contributed by atoms with van der Waals surface area (Å²) in [6.45, 7) is 0. The van der Waals surface area contributed by atoms with Gasteiger partial charge in [0.2, 0.25) is 0 Å². The Bertz CT molecular complexity index is 723. The van der Waals surface area contributed by atoms with Crippen LogP contribution in [0, 0.1) is 0 Å². The zero-order valence-electron chi connectivity index (χ0n) is 10.8. The maximum atomic E-state index is 9.50. The van der Waals surface area contributed by atoms with Crippen LogP contribution in [0.3, 0.4) is 0 Å². The van der Waals surface area contributed by atoms with E-state index in [1.807, 2.05) is 30.3 Å². The van der Waals surface area contributed by atoms with Crippen molar-refractivity contribution in [2.24, 2.45) is 0 Å². The minimum absolute atomic E-state index is 0.226. The third-order valence-corrected chi connectivity index (χ3v) is 3.63. The number of phenolic OH excluding ortho intramolecular Hbond substituents is 1. The van der Waals surface area contributed by atoms with E-state index < -0.39 is 0 Å². The molecule has 0 bridgehead atoms. The summed E-state index contributed by atoms with van der Waals surface area (Å²) in [5.74, 6) is 1.71. The number of aromatic nitrogens is 2. The Labute approximate surface area is 120 Å². The van der Waals surface area contributed by atoms with E-state index in [0.29, 0.717) is 5.82 Å². The summed E-state index contributed by atoms with van der Waals surface area (Å²) in [4.78, 5) is 4.50. The fourth-order valence-corrected chi connectivity index (χ4v) is 2.52. The fourth-order valence-electron chi connectivity index (χ4n) is 1.84. The summed E-state index contributed by atoms with van der Waals surface area (Å²) in [5.41, 5.74) is 1.80. The van der Waals surface area contributed by atoms with Crippen LogP contribution in [0.2, 0.25) is 0 Å². The number of nitrogens with zero attached hydrogens (tertiary/aromatic N) is 2. The van der Waals surface area contributed by atoms with E-state index in [-0.39, 0.29) is 5.75 Å². The van der Waals surface area contributed by atoms with Crippen LogP contribution in [0.4, 0.5) is 0 Å². The molecule has 0 fully saturated rings. The molecule has 0 atom stereocenters. The summed E-state index contributed by atoms with van der Waals surface area (Å²) in [5, 5.41) is 10.3. The zero-order chi connectivity index (χ0) is 13.9. The molecular weight excluding hydrogens is 272 g/mol. The minimum Gasteiger partial charge on any atom is -0.508 e. The van der Waals surface area contributed by atoms with Gasteiger partial charge in [0, 0.05) is 11.1 Å². The number of rotatable bonds is 3. The van der Waals surface area contributed by atoms with Gasteiger partial charge in [0.1, 0.15) is 16.5 Å². The van der Waals surface area contributed by atoms with Crippen molar-refractivity contribution < 1.29 is 9.84 Å². The second-order valence-corrected chi connectivity index (χ2v) is 4.95. The summed E-state index contributed by atoms with van der Waals surface area (Å²) >= 11 is 1.31. The maximum Gasteiger partial charge on any atom is 0.173 e.